The van der Waals surface area contributed by atoms with Crippen molar-refractivity contribution in [1.29, 1.82) is 0 Å². The van der Waals surface area contributed by atoms with Crippen molar-refractivity contribution in [2.45, 2.75) is 26.8 Å². The Morgan fingerprint density at radius 1 is 0.862 bits per heavy atom. The molecule has 3 aromatic carbocycles. The van der Waals surface area contributed by atoms with Crippen molar-refractivity contribution >= 4 is 34.6 Å². The molecule has 0 heterocycles. The van der Waals surface area contributed by atoms with Gasteiger partial charge in [-0.15, -0.1) is 0 Å². The number of benzene rings is 3. The predicted octanol–water partition coefficient (Wildman–Crippen LogP) is 5.60. The number of anilines is 2. The number of aryl methyl sites for hydroxylation is 2. The Morgan fingerprint density at radius 3 is 2.28 bits per heavy atom. The average Bonchev–Trinajstić information content (AvgIpc) is 2.71. The first kappa shape index (κ1) is 20.6. The van der Waals surface area contributed by atoms with Crippen LogP contribution in [0, 0.1) is 13.8 Å². The lowest BCUT2D eigenvalue weighted by atomic mass is 10.1. The average molecular weight is 404 g/mol. The monoisotopic (exact) mass is 403 g/mol. The van der Waals surface area contributed by atoms with Gasteiger partial charge >= 0.3 is 0 Å². The number of thiocarbonyl (C=S) groups is 1. The summed E-state index contributed by atoms with van der Waals surface area (Å²) in [5.41, 5.74) is 5.45. The summed E-state index contributed by atoms with van der Waals surface area (Å²) in [5, 5.41) is 9.87. The van der Waals surface area contributed by atoms with Gasteiger partial charge in [0, 0.05) is 5.69 Å². The molecule has 29 heavy (non-hydrogen) atoms. The van der Waals surface area contributed by atoms with Gasteiger partial charge in [0.1, 0.15) is 0 Å². The maximum absolute atomic E-state index is 12.9. The van der Waals surface area contributed by atoms with Gasteiger partial charge in [-0.2, -0.15) is 0 Å². The van der Waals surface area contributed by atoms with Crippen LogP contribution in [0.3, 0.4) is 0 Å². The topological polar surface area (TPSA) is 53.2 Å². The molecule has 5 heteroatoms. The molecular formula is C24H25N3OS. The normalized spacial score (nSPS) is 11.4. The Kier molecular flexibility index (Phi) is 6.62. The quantitative estimate of drug-likeness (QED) is 0.485. The van der Waals surface area contributed by atoms with Gasteiger partial charge in [-0.1, -0.05) is 54.6 Å². The summed E-state index contributed by atoms with van der Waals surface area (Å²) in [7, 11) is 0. The van der Waals surface area contributed by atoms with E-state index in [2.05, 4.69) is 22.0 Å². The highest BCUT2D eigenvalue weighted by molar-refractivity contribution is 7.80. The third-order valence-corrected chi connectivity index (χ3v) is 4.91. The molecule has 1 amide bonds. The Hall–Kier alpha value is -3.18. The van der Waals surface area contributed by atoms with Crippen molar-refractivity contribution in [2.24, 2.45) is 0 Å². The molecule has 0 radical (unpaired) electrons. The van der Waals surface area contributed by atoms with Crippen LogP contribution in [-0.4, -0.2) is 11.0 Å². The maximum atomic E-state index is 12.9. The highest BCUT2D eigenvalue weighted by atomic mass is 32.1. The summed E-state index contributed by atoms with van der Waals surface area (Å²) in [5.74, 6) is -0.154. The van der Waals surface area contributed by atoms with E-state index in [1.807, 2.05) is 81.4 Å². The molecule has 3 rings (SSSR count). The Bertz CT molecular complexity index is 1020. The molecule has 3 N–H and O–H groups in total. The molecule has 3 aromatic rings. The number of hydrogen-bond acceptors (Lipinski definition) is 2. The molecule has 4 nitrogen and oxygen atoms in total. The minimum absolute atomic E-state index is 0.100. The van der Waals surface area contributed by atoms with E-state index in [1.54, 1.807) is 6.07 Å². The number of hydrogen-bond donors (Lipinski definition) is 3. The van der Waals surface area contributed by atoms with E-state index in [4.69, 9.17) is 12.2 Å². The van der Waals surface area contributed by atoms with E-state index in [0.717, 1.165) is 22.4 Å². The lowest BCUT2D eigenvalue weighted by molar-refractivity contribution is 0.0941. The van der Waals surface area contributed by atoms with Crippen LogP contribution < -0.4 is 16.0 Å². The summed E-state index contributed by atoms with van der Waals surface area (Å²) in [4.78, 5) is 12.9. The van der Waals surface area contributed by atoms with Gasteiger partial charge in [0.05, 0.1) is 17.3 Å². The van der Waals surface area contributed by atoms with Crippen LogP contribution in [-0.2, 0) is 0 Å². The first-order valence-corrected chi connectivity index (χ1v) is 9.95. The molecule has 0 bridgehead atoms. The molecule has 0 spiro atoms. The molecule has 0 saturated heterocycles. The number of carbonyl (C=O) groups is 1. The largest absolute Gasteiger partial charge is 0.345 e. The van der Waals surface area contributed by atoms with Crippen LogP contribution in [0.4, 0.5) is 11.4 Å². The van der Waals surface area contributed by atoms with Crippen LogP contribution in [0.2, 0.25) is 0 Å². The lowest BCUT2D eigenvalue weighted by Crippen LogP contribution is -2.28. The SMILES string of the molecule is Cc1ccc(C)c(NC(=S)Nc2ccccc2C(=O)N[C@H](C)c2ccccc2)c1. The minimum atomic E-state index is -0.154. The van der Waals surface area contributed by atoms with E-state index in [-0.39, 0.29) is 11.9 Å². The van der Waals surface area contributed by atoms with Crippen LogP contribution >= 0.6 is 12.2 Å². The molecule has 0 fully saturated rings. The molecule has 0 aromatic heterocycles. The maximum Gasteiger partial charge on any atom is 0.253 e. The number of carbonyl (C=O) groups excluding carboxylic acids is 1. The zero-order valence-electron chi connectivity index (χ0n) is 16.8. The fourth-order valence-corrected chi connectivity index (χ4v) is 3.26. The first-order valence-electron chi connectivity index (χ1n) is 9.54. The van der Waals surface area contributed by atoms with Crippen LogP contribution in [0.5, 0.6) is 0 Å². The molecule has 0 aliphatic rings. The zero-order chi connectivity index (χ0) is 20.8. The second-order valence-electron chi connectivity index (χ2n) is 7.05. The van der Waals surface area contributed by atoms with Gasteiger partial charge in [0.15, 0.2) is 5.11 Å². The first-order chi connectivity index (χ1) is 13.9. The van der Waals surface area contributed by atoms with Crippen molar-refractivity contribution in [3.05, 3.63) is 95.1 Å². The van der Waals surface area contributed by atoms with E-state index in [9.17, 15) is 4.79 Å². The highest BCUT2D eigenvalue weighted by Gasteiger charge is 2.15. The molecule has 1 atom stereocenters. The summed E-state index contributed by atoms with van der Waals surface area (Å²) < 4.78 is 0. The summed E-state index contributed by atoms with van der Waals surface area (Å²) in [6.07, 6.45) is 0. The van der Waals surface area contributed by atoms with E-state index in [0.29, 0.717) is 16.4 Å². The summed E-state index contributed by atoms with van der Waals surface area (Å²) >= 11 is 5.48. The molecule has 0 aliphatic carbocycles. The minimum Gasteiger partial charge on any atom is -0.345 e. The number of nitrogens with one attached hydrogen (secondary N) is 3. The zero-order valence-corrected chi connectivity index (χ0v) is 17.6. The van der Waals surface area contributed by atoms with Crippen molar-refractivity contribution in [2.75, 3.05) is 10.6 Å². The standard InChI is InChI=1S/C24H25N3OS/c1-16-13-14-17(2)22(15-16)27-24(29)26-21-12-8-7-11-20(21)23(28)25-18(3)19-9-5-4-6-10-19/h4-15,18H,1-3H3,(H,25,28)(H2,26,27,29)/t18-/m1/s1. The van der Waals surface area contributed by atoms with E-state index < -0.39 is 0 Å². The van der Waals surface area contributed by atoms with Crippen LogP contribution in [0.1, 0.15) is 40.0 Å². The summed E-state index contributed by atoms with van der Waals surface area (Å²) in [6.45, 7) is 6.03. The smallest absolute Gasteiger partial charge is 0.253 e. The fourth-order valence-electron chi connectivity index (χ4n) is 3.04. The van der Waals surface area contributed by atoms with Gasteiger partial charge in [-0.3, -0.25) is 4.79 Å². The number of amides is 1. The molecule has 0 saturated carbocycles. The molecule has 0 aliphatic heterocycles. The molecule has 0 unspecified atom stereocenters. The van der Waals surface area contributed by atoms with Crippen molar-refractivity contribution in [3.63, 3.8) is 0 Å². The van der Waals surface area contributed by atoms with Gasteiger partial charge in [-0.25, -0.2) is 0 Å². The third kappa shape index (κ3) is 5.42. The molecule has 148 valence electrons. The van der Waals surface area contributed by atoms with E-state index >= 15 is 0 Å². The van der Waals surface area contributed by atoms with Gasteiger partial charge in [0.25, 0.3) is 5.91 Å². The van der Waals surface area contributed by atoms with E-state index in [1.165, 1.54) is 0 Å². The second kappa shape index (κ2) is 9.34. The Labute approximate surface area is 177 Å². The summed E-state index contributed by atoms with van der Waals surface area (Å²) in [6, 6.07) is 23.3. The highest BCUT2D eigenvalue weighted by Crippen LogP contribution is 2.20. The Balaban J connectivity index is 1.72. The van der Waals surface area contributed by atoms with Gasteiger partial charge in [-0.05, 0) is 67.9 Å². The van der Waals surface area contributed by atoms with Crippen molar-refractivity contribution in [3.8, 4) is 0 Å². The number of para-hydroxylation sites is 1. The van der Waals surface area contributed by atoms with Gasteiger partial charge < -0.3 is 16.0 Å². The predicted molar refractivity (Wildman–Crippen MR) is 125 cm³/mol. The lowest BCUT2D eigenvalue weighted by Gasteiger charge is -2.18. The fraction of sp³-hybridized carbons (Fsp3) is 0.167. The Morgan fingerprint density at radius 2 is 1.52 bits per heavy atom. The third-order valence-electron chi connectivity index (χ3n) is 4.71. The van der Waals surface area contributed by atoms with Crippen LogP contribution in [0.25, 0.3) is 0 Å². The van der Waals surface area contributed by atoms with Crippen molar-refractivity contribution in [1.82, 2.24) is 5.32 Å². The second-order valence-corrected chi connectivity index (χ2v) is 7.46. The number of rotatable bonds is 5. The molecular weight excluding hydrogens is 378 g/mol. The van der Waals surface area contributed by atoms with Crippen LogP contribution in [0.15, 0.2) is 72.8 Å². The van der Waals surface area contributed by atoms with Crippen molar-refractivity contribution < 1.29 is 4.79 Å². The van der Waals surface area contributed by atoms with Gasteiger partial charge in [0.2, 0.25) is 0 Å².